The molecule has 0 heterocycles. The van der Waals surface area contributed by atoms with Gasteiger partial charge in [-0.3, -0.25) is 0 Å². The molecular formula is C10H17F2N. The average molecular weight is 189 g/mol. The lowest BCUT2D eigenvalue weighted by atomic mass is 9.87. The van der Waals surface area contributed by atoms with Crippen molar-refractivity contribution in [2.45, 2.75) is 50.5 Å². The first-order valence-electron chi connectivity index (χ1n) is 5.27. The first-order chi connectivity index (χ1) is 6.16. The molecule has 2 rings (SSSR count). The van der Waals surface area contributed by atoms with Crippen molar-refractivity contribution in [1.29, 1.82) is 0 Å². The van der Waals surface area contributed by atoms with Crippen LogP contribution in [0.25, 0.3) is 0 Å². The molecule has 1 N–H and O–H groups in total. The molecule has 3 heteroatoms. The molecule has 0 spiro atoms. The summed E-state index contributed by atoms with van der Waals surface area (Å²) < 4.78 is 25.5. The SMILES string of the molecule is FC1(F)CCC(CNC2CC2)CC1. The number of nitrogens with one attached hydrogen (secondary N) is 1. The topological polar surface area (TPSA) is 12.0 Å². The molecule has 0 bridgehead atoms. The first-order valence-corrected chi connectivity index (χ1v) is 5.27. The molecule has 0 amide bonds. The van der Waals surface area contributed by atoms with Gasteiger partial charge in [0.1, 0.15) is 0 Å². The Bertz CT molecular complexity index is 165. The van der Waals surface area contributed by atoms with E-state index in [9.17, 15) is 8.78 Å². The van der Waals surface area contributed by atoms with Crippen LogP contribution in [0, 0.1) is 5.92 Å². The van der Waals surface area contributed by atoms with Crippen LogP contribution in [0.3, 0.4) is 0 Å². The third-order valence-corrected chi connectivity index (χ3v) is 3.11. The van der Waals surface area contributed by atoms with E-state index in [0.717, 1.165) is 6.54 Å². The summed E-state index contributed by atoms with van der Waals surface area (Å²) in [6, 6.07) is 0.711. The summed E-state index contributed by atoms with van der Waals surface area (Å²) in [6.45, 7) is 0.959. The monoisotopic (exact) mass is 189 g/mol. The van der Waals surface area contributed by atoms with E-state index in [-0.39, 0.29) is 12.8 Å². The van der Waals surface area contributed by atoms with Gasteiger partial charge in [-0.05, 0) is 38.1 Å². The van der Waals surface area contributed by atoms with Crippen molar-refractivity contribution in [3.8, 4) is 0 Å². The second-order valence-corrected chi connectivity index (χ2v) is 4.48. The van der Waals surface area contributed by atoms with Gasteiger partial charge in [-0.2, -0.15) is 0 Å². The molecule has 0 atom stereocenters. The molecule has 0 unspecified atom stereocenters. The Labute approximate surface area is 77.9 Å². The largest absolute Gasteiger partial charge is 0.314 e. The number of hydrogen-bond acceptors (Lipinski definition) is 1. The van der Waals surface area contributed by atoms with E-state index in [0.29, 0.717) is 24.8 Å². The van der Waals surface area contributed by atoms with Crippen LogP contribution in [-0.2, 0) is 0 Å². The Morgan fingerprint density at radius 1 is 1.08 bits per heavy atom. The third kappa shape index (κ3) is 2.90. The quantitative estimate of drug-likeness (QED) is 0.719. The van der Waals surface area contributed by atoms with E-state index in [2.05, 4.69) is 5.32 Å². The van der Waals surface area contributed by atoms with Crippen LogP contribution in [0.5, 0.6) is 0 Å². The summed E-state index contributed by atoms with van der Waals surface area (Å²) in [4.78, 5) is 0. The normalized spacial score (nSPS) is 29.1. The number of hydrogen-bond donors (Lipinski definition) is 1. The van der Waals surface area contributed by atoms with Gasteiger partial charge in [0.15, 0.2) is 0 Å². The highest BCUT2D eigenvalue weighted by atomic mass is 19.3. The molecule has 1 nitrogen and oxygen atoms in total. The predicted molar refractivity (Wildman–Crippen MR) is 47.9 cm³/mol. The fraction of sp³-hybridized carbons (Fsp3) is 1.00. The second kappa shape index (κ2) is 3.52. The average Bonchev–Trinajstić information content (AvgIpc) is 2.86. The van der Waals surface area contributed by atoms with E-state index in [1.807, 2.05) is 0 Å². The van der Waals surface area contributed by atoms with Crippen molar-refractivity contribution >= 4 is 0 Å². The van der Waals surface area contributed by atoms with Crippen molar-refractivity contribution in [2.24, 2.45) is 5.92 Å². The van der Waals surface area contributed by atoms with Gasteiger partial charge in [-0.15, -0.1) is 0 Å². The van der Waals surface area contributed by atoms with E-state index < -0.39 is 5.92 Å². The highest BCUT2D eigenvalue weighted by molar-refractivity contribution is 4.84. The Morgan fingerprint density at radius 2 is 1.69 bits per heavy atom. The van der Waals surface area contributed by atoms with Crippen LogP contribution in [0.15, 0.2) is 0 Å². The molecule has 2 aliphatic rings. The van der Waals surface area contributed by atoms with Crippen LogP contribution in [0.1, 0.15) is 38.5 Å². The molecular weight excluding hydrogens is 172 g/mol. The fourth-order valence-electron chi connectivity index (χ4n) is 1.92. The van der Waals surface area contributed by atoms with Crippen LogP contribution < -0.4 is 5.32 Å². The standard InChI is InChI=1S/C10H17F2N/c11-10(12)5-3-8(4-6-10)7-13-9-1-2-9/h8-9,13H,1-7H2. The van der Waals surface area contributed by atoms with Gasteiger partial charge in [0.2, 0.25) is 5.92 Å². The summed E-state index contributed by atoms with van der Waals surface area (Å²) in [5.41, 5.74) is 0. The maximum Gasteiger partial charge on any atom is 0.248 e. The first kappa shape index (κ1) is 9.38. The lowest BCUT2D eigenvalue weighted by Gasteiger charge is -2.28. The van der Waals surface area contributed by atoms with E-state index >= 15 is 0 Å². The van der Waals surface area contributed by atoms with E-state index in [1.54, 1.807) is 0 Å². The molecule has 2 saturated carbocycles. The minimum absolute atomic E-state index is 0.101. The number of rotatable bonds is 3. The van der Waals surface area contributed by atoms with Gasteiger partial charge in [0, 0.05) is 18.9 Å². The van der Waals surface area contributed by atoms with Gasteiger partial charge in [-0.25, -0.2) is 8.78 Å². The van der Waals surface area contributed by atoms with Crippen molar-refractivity contribution in [2.75, 3.05) is 6.54 Å². The predicted octanol–water partition coefficient (Wildman–Crippen LogP) is 2.56. The maximum absolute atomic E-state index is 12.8. The highest BCUT2D eigenvalue weighted by Crippen LogP contribution is 2.36. The van der Waals surface area contributed by atoms with Gasteiger partial charge >= 0.3 is 0 Å². The molecule has 13 heavy (non-hydrogen) atoms. The minimum atomic E-state index is -2.36. The Hall–Kier alpha value is -0.180. The molecule has 0 aliphatic heterocycles. The summed E-state index contributed by atoms with van der Waals surface area (Å²) in [7, 11) is 0. The molecule has 76 valence electrons. The van der Waals surface area contributed by atoms with Crippen LogP contribution in [0.2, 0.25) is 0 Å². The molecule has 0 aromatic carbocycles. The maximum atomic E-state index is 12.8. The zero-order valence-corrected chi connectivity index (χ0v) is 7.86. The Balaban J connectivity index is 1.65. The summed E-state index contributed by atoms with van der Waals surface area (Å²) in [5, 5.41) is 3.41. The van der Waals surface area contributed by atoms with Crippen molar-refractivity contribution in [3.63, 3.8) is 0 Å². The zero-order valence-electron chi connectivity index (χ0n) is 7.86. The zero-order chi connectivity index (χ0) is 9.31. The van der Waals surface area contributed by atoms with Crippen LogP contribution >= 0.6 is 0 Å². The van der Waals surface area contributed by atoms with Crippen LogP contribution in [-0.4, -0.2) is 18.5 Å². The lowest BCUT2D eigenvalue weighted by Crippen LogP contribution is -2.31. The van der Waals surface area contributed by atoms with Gasteiger partial charge in [0.25, 0.3) is 0 Å². The molecule has 0 aromatic rings. The van der Waals surface area contributed by atoms with Crippen molar-refractivity contribution < 1.29 is 8.78 Å². The molecule has 2 aliphatic carbocycles. The summed E-state index contributed by atoms with van der Waals surface area (Å²) in [6.07, 6.45) is 4.17. The molecule has 0 saturated heterocycles. The lowest BCUT2D eigenvalue weighted by molar-refractivity contribution is -0.0454. The summed E-state index contributed by atoms with van der Waals surface area (Å²) >= 11 is 0. The minimum Gasteiger partial charge on any atom is -0.314 e. The van der Waals surface area contributed by atoms with E-state index in [1.165, 1.54) is 12.8 Å². The van der Waals surface area contributed by atoms with Gasteiger partial charge in [0.05, 0.1) is 0 Å². The van der Waals surface area contributed by atoms with Gasteiger partial charge < -0.3 is 5.32 Å². The molecule has 0 aromatic heterocycles. The second-order valence-electron chi connectivity index (χ2n) is 4.48. The van der Waals surface area contributed by atoms with Crippen molar-refractivity contribution in [1.82, 2.24) is 5.32 Å². The molecule has 0 radical (unpaired) electrons. The Morgan fingerprint density at radius 3 is 2.23 bits per heavy atom. The molecule has 2 fully saturated rings. The Kier molecular flexibility index (Phi) is 2.54. The van der Waals surface area contributed by atoms with Crippen LogP contribution in [0.4, 0.5) is 8.78 Å². The highest BCUT2D eigenvalue weighted by Gasteiger charge is 2.35. The number of halogens is 2. The van der Waals surface area contributed by atoms with Crippen molar-refractivity contribution in [3.05, 3.63) is 0 Å². The van der Waals surface area contributed by atoms with Gasteiger partial charge in [-0.1, -0.05) is 0 Å². The smallest absolute Gasteiger partial charge is 0.248 e. The fourth-order valence-corrected chi connectivity index (χ4v) is 1.92. The number of alkyl halides is 2. The van der Waals surface area contributed by atoms with E-state index in [4.69, 9.17) is 0 Å². The summed E-state index contributed by atoms with van der Waals surface area (Å²) in [5.74, 6) is -1.86. The third-order valence-electron chi connectivity index (χ3n) is 3.11.